The second-order valence-electron chi connectivity index (χ2n) is 4.42. The summed E-state index contributed by atoms with van der Waals surface area (Å²) in [5.41, 5.74) is 0.940. The van der Waals surface area contributed by atoms with Crippen LogP contribution in [0.2, 0.25) is 5.15 Å². The highest BCUT2D eigenvalue weighted by atomic mass is 35.5. The molecule has 4 heteroatoms. The summed E-state index contributed by atoms with van der Waals surface area (Å²) in [6.07, 6.45) is 2.39. The molecule has 0 unspecified atom stereocenters. The van der Waals surface area contributed by atoms with E-state index in [1.165, 1.54) is 12.8 Å². The summed E-state index contributed by atoms with van der Waals surface area (Å²) in [6.45, 7) is 6.13. The molecular weight excluding hydrogens is 210 g/mol. The Morgan fingerprint density at radius 2 is 2.00 bits per heavy atom. The maximum absolute atomic E-state index is 6.08. The predicted molar refractivity (Wildman–Crippen MR) is 62.5 cm³/mol. The Hall–Kier alpha value is -0.830. The van der Waals surface area contributed by atoms with Crippen molar-refractivity contribution in [2.24, 2.45) is 0 Å². The zero-order chi connectivity index (χ0) is 11.0. The van der Waals surface area contributed by atoms with Gasteiger partial charge in [0.05, 0.1) is 0 Å². The van der Waals surface area contributed by atoms with Gasteiger partial charge in [0.2, 0.25) is 0 Å². The van der Waals surface area contributed by atoms with Gasteiger partial charge in [-0.05, 0) is 33.6 Å². The zero-order valence-corrected chi connectivity index (χ0v) is 10.1. The molecule has 2 rings (SSSR count). The quantitative estimate of drug-likeness (QED) is 0.804. The van der Waals surface area contributed by atoms with Gasteiger partial charge in [-0.2, -0.15) is 0 Å². The third-order valence-corrected chi connectivity index (χ3v) is 2.84. The molecule has 0 saturated heterocycles. The maximum atomic E-state index is 6.08. The Morgan fingerprint density at radius 3 is 2.53 bits per heavy atom. The Balaban J connectivity index is 2.33. The molecule has 0 radical (unpaired) electrons. The average Bonchev–Trinajstić information content (AvgIpc) is 2.94. The fourth-order valence-corrected chi connectivity index (χ4v) is 1.62. The molecule has 1 aliphatic rings. The minimum Gasteiger partial charge on any atom is -0.368 e. The third kappa shape index (κ3) is 2.40. The van der Waals surface area contributed by atoms with E-state index in [4.69, 9.17) is 11.6 Å². The van der Waals surface area contributed by atoms with Crippen LogP contribution in [-0.4, -0.2) is 16.0 Å². The Bertz CT molecular complexity index is 372. The topological polar surface area (TPSA) is 37.8 Å². The van der Waals surface area contributed by atoms with Crippen molar-refractivity contribution in [2.75, 3.05) is 5.32 Å². The van der Waals surface area contributed by atoms with Crippen LogP contribution >= 0.6 is 11.6 Å². The number of halogens is 1. The van der Waals surface area contributed by atoms with E-state index in [-0.39, 0.29) is 0 Å². The largest absolute Gasteiger partial charge is 0.368 e. The van der Waals surface area contributed by atoms with Crippen molar-refractivity contribution < 1.29 is 0 Å². The number of anilines is 1. The van der Waals surface area contributed by atoms with Gasteiger partial charge >= 0.3 is 0 Å². The highest BCUT2D eigenvalue weighted by Crippen LogP contribution is 2.39. The molecule has 0 spiro atoms. The van der Waals surface area contributed by atoms with Crippen molar-refractivity contribution in [2.45, 2.75) is 45.6 Å². The third-order valence-electron chi connectivity index (χ3n) is 2.47. The highest BCUT2D eigenvalue weighted by Gasteiger charge is 2.28. The minimum atomic E-state index is 0.363. The van der Waals surface area contributed by atoms with E-state index in [9.17, 15) is 0 Å². The van der Waals surface area contributed by atoms with Crippen LogP contribution in [0.3, 0.4) is 0 Å². The summed E-state index contributed by atoms with van der Waals surface area (Å²) in [4.78, 5) is 8.85. The molecule has 0 bridgehead atoms. The first kappa shape index (κ1) is 10.7. The molecule has 3 nitrogen and oxygen atoms in total. The molecule has 1 aromatic rings. The Labute approximate surface area is 95.3 Å². The van der Waals surface area contributed by atoms with Crippen LogP contribution in [0.15, 0.2) is 0 Å². The number of nitrogens with zero attached hydrogens (tertiary/aromatic N) is 2. The normalized spacial score (nSPS) is 15.8. The number of hydrogen-bond donors (Lipinski definition) is 1. The Kier molecular flexibility index (Phi) is 2.83. The van der Waals surface area contributed by atoms with Crippen molar-refractivity contribution in [3.8, 4) is 0 Å². The van der Waals surface area contributed by atoms with Crippen LogP contribution in [0.1, 0.15) is 44.0 Å². The monoisotopic (exact) mass is 225 g/mol. The van der Waals surface area contributed by atoms with Gasteiger partial charge in [0, 0.05) is 17.5 Å². The standard InChI is InChI=1S/C11H16ClN3/c1-6(2)13-10-7(3)9(12)14-11(15-10)8-4-5-8/h6,8H,4-5H2,1-3H3,(H,13,14,15). The first-order valence-electron chi connectivity index (χ1n) is 5.38. The van der Waals surface area contributed by atoms with Crippen LogP contribution in [0.5, 0.6) is 0 Å². The first-order valence-corrected chi connectivity index (χ1v) is 5.76. The SMILES string of the molecule is Cc1c(Cl)nc(C2CC2)nc1NC(C)C. The number of rotatable bonds is 3. The molecule has 1 fully saturated rings. The van der Waals surface area contributed by atoms with Crippen molar-refractivity contribution in [3.63, 3.8) is 0 Å². The second kappa shape index (κ2) is 3.97. The van der Waals surface area contributed by atoms with Crippen LogP contribution in [0.25, 0.3) is 0 Å². The van der Waals surface area contributed by atoms with Gasteiger partial charge in [-0.1, -0.05) is 11.6 Å². The smallest absolute Gasteiger partial charge is 0.137 e. The van der Waals surface area contributed by atoms with Gasteiger partial charge in [-0.15, -0.1) is 0 Å². The lowest BCUT2D eigenvalue weighted by atomic mass is 10.3. The van der Waals surface area contributed by atoms with Crippen molar-refractivity contribution >= 4 is 17.4 Å². The number of aromatic nitrogens is 2. The number of hydrogen-bond acceptors (Lipinski definition) is 3. The summed E-state index contributed by atoms with van der Waals surface area (Å²) in [5, 5.41) is 3.88. The maximum Gasteiger partial charge on any atom is 0.137 e. The van der Waals surface area contributed by atoms with Crippen LogP contribution in [-0.2, 0) is 0 Å². The van der Waals surface area contributed by atoms with E-state index in [1.54, 1.807) is 0 Å². The lowest BCUT2D eigenvalue weighted by Crippen LogP contribution is -2.14. The molecule has 1 aromatic heterocycles. The summed E-state index contributed by atoms with van der Waals surface area (Å²) >= 11 is 6.08. The summed E-state index contributed by atoms with van der Waals surface area (Å²) in [6, 6.07) is 0.363. The van der Waals surface area contributed by atoms with Crippen molar-refractivity contribution in [3.05, 3.63) is 16.5 Å². The lowest BCUT2D eigenvalue weighted by molar-refractivity contribution is 0.858. The van der Waals surface area contributed by atoms with Crippen molar-refractivity contribution in [1.82, 2.24) is 9.97 Å². The molecule has 0 amide bonds. The van der Waals surface area contributed by atoms with Gasteiger partial charge in [-0.25, -0.2) is 9.97 Å². The molecule has 1 heterocycles. The molecule has 82 valence electrons. The Morgan fingerprint density at radius 1 is 1.33 bits per heavy atom. The van der Waals surface area contributed by atoms with Gasteiger partial charge in [0.25, 0.3) is 0 Å². The van der Waals surface area contributed by atoms with E-state index < -0.39 is 0 Å². The number of nitrogens with one attached hydrogen (secondary N) is 1. The molecule has 0 atom stereocenters. The van der Waals surface area contributed by atoms with Gasteiger partial charge in [-0.3, -0.25) is 0 Å². The fraction of sp³-hybridized carbons (Fsp3) is 0.636. The molecule has 0 aromatic carbocycles. The summed E-state index contributed by atoms with van der Waals surface area (Å²) in [7, 11) is 0. The van der Waals surface area contributed by atoms with Gasteiger partial charge < -0.3 is 5.32 Å². The minimum absolute atomic E-state index is 0.363. The van der Waals surface area contributed by atoms with E-state index in [0.29, 0.717) is 17.1 Å². The van der Waals surface area contributed by atoms with Crippen LogP contribution < -0.4 is 5.32 Å². The van der Waals surface area contributed by atoms with E-state index in [0.717, 1.165) is 17.2 Å². The first-order chi connectivity index (χ1) is 7.08. The predicted octanol–water partition coefficient (Wildman–Crippen LogP) is 3.14. The van der Waals surface area contributed by atoms with Gasteiger partial charge in [0.15, 0.2) is 0 Å². The van der Waals surface area contributed by atoms with E-state index >= 15 is 0 Å². The molecule has 1 N–H and O–H groups in total. The van der Waals surface area contributed by atoms with Crippen molar-refractivity contribution in [1.29, 1.82) is 0 Å². The molecule has 0 aliphatic heterocycles. The summed E-state index contributed by atoms with van der Waals surface area (Å²) in [5.74, 6) is 2.32. The van der Waals surface area contributed by atoms with E-state index in [2.05, 4.69) is 29.1 Å². The molecule has 1 saturated carbocycles. The fourth-order valence-electron chi connectivity index (χ4n) is 1.44. The average molecular weight is 226 g/mol. The molecule has 15 heavy (non-hydrogen) atoms. The lowest BCUT2D eigenvalue weighted by Gasteiger charge is -2.13. The zero-order valence-electron chi connectivity index (χ0n) is 9.34. The van der Waals surface area contributed by atoms with Crippen LogP contribution in [0.4, 0.5) is 5.82 Å². The molecular formula is C11H16ClN3. The van der Waals surface area contributed by atoms with Gasteiger partial charge in [0.1, 0.15) is 16.8 Å². The van der Waals surface area contributed by atoms with Crippen LogP contribution in [0, 0.1) is 6.92 Å². The van der Waals surface area contributed by atoms with E-state index in [1.807, 2.05) is 6.92 Å². The highest BCUT2D eigenvalue weighted by molar-refractivity contribution is 6.30. The summed E-state index contributed by atoms with van der Waals surface area (Å²) < 4.78 is 0. The second-order valence-corrected chi connectivity index (χ2v) is 4.78. The molecule has 1 aliphatic carbocycles.